The molecule has 5 nitrogen and oxygen atoms in total. The Morgan fingerprint density at radius 1 is 0.903 bits per heavy atom. The van der Waals surface area contributed by atoms with Gasteiger partial charge in [-0.1, -0.05) is 56.3 Å². The fraction of sp³-hybridized carbons (Fsp3) is 0.231. The van der Waals surface area contributed by atoms with Crippen molar-refractivity contribution in [3.63, 3.8) is 0 Å². The maximum absolute atomic E-state index is 12.2. The maximum Gasteiger partial charge on any atom is 0.338 e. The minimum Gasteiger partial charge on any atom is -0.489 e. The lowest BCUT2D eigenvalue weighted by Crippen LogP contribution is -2.20. The van der Waals surface area contributed by atoms with Crippen LogP contribution in [0.5, 0.6) is 5.75 Å². The Morgan fingerprint density at radius 2 is 1.58 bits per heavy atom. The van der Waals surface area contributed by atoms with Gasteiger partial charge >= 0.3 is 5.97 Å². The number of ether oxygens (including phenoxy) is 2. The first-order valence-electron chi connectivity index (χ1n) is 10.4. The van der Waals surface area contributed by atoms with Gasteiger partial charge in [-0.3, -0.25) is 4.79 Å². The molecule has 0 unspecified atom stereocenters. The molecule has 3 rings (SSSR count). The molecule has 0 saturated carbocycles. The third-order valence-electron chi connectivity index (χ3n) is 5.05. The molecular weight excluding hydrogens is 390 g/mol. The smallest absolute Gasteiger partial charge is 0.338 e. The number of hydrogen-bond donors (Lipinski definition) is 1. The lowest BCUT2D eigenvalue weighted by atomic mass is 9.99. The summed E-state index contributed by atoms with van der Waals surface area (Å²) in [6, 6.07) is 24.2. The zero-order valence-corrected chi connectivity index (χ0v) is 17.8. The number of carbonyl (C=O) groups excluding carboxylic acids is 2. The third-order valence-corrected chi connectivity index (χ3v) is 5.05. The summed E-state index contributed by atoms with van der Waals surface area (Å²) < 4.78 is 10.8. The molecule has 5 heteroatoms. The zero-order chi connectivity index (χ0) is 22.1. The van der Waals surface area contributed by atoms with Crippen LogP contribution in [0, 0.1) is 0 Å². The van der Waals surface area contributed by atoms with Gasteiger partial charge < -0.3 is 14.8 Å². The summed E-state index contributed by atoms with van der Waals surface area (Å²) in [6.07, 6.45) is 1.06. The predicted octanol–water partition coefficient (Wildman–Crippen LogP) is 5.57. The van der Waals surface area contributed by atoms with Crippen molar-refractivity contribution in [1.29, 1.82) is 0 Å². The standard InChI is InChI=1S/C26H27NO4/c1-3-19(2)21-9-13-23(14-10-21)27-25(28)18-31-26(29)22-11-15-24(16-12-22)30-17-20-7-5-4-6-8-20/h4-16,19H,3,17-18H2,1-2H3,(H,27,28)/t19-/m1/s1. The second-order valence-corrected chi connectivity index (χ2v) is 7.35. The van der Waals surface area contributed by atoms with Crippen LogP contribution < -0.4 is 10.1 Å². The van der Waals surface area contributed by atoms with E-state index in [1.807, 2.05) is 54.6 Å². The van der Waals surface area contributed by atoms with Crippen LogP contribution >= 0.6 is 0 Å². The quantitative estimate of drug-likeness (QED) is 0.462. The molecule has 0 heterocycles. The van der Waals surface area contributed by atoms with Crippen LogP contribution in [0.25, 0.3) is 0 Å². The number of hydrogen-bond acceptors (Lipinski definition) is 4. The van der Waals surface area contributed by atoms with E-state index < -0.39 is 5.97 Å². The average molecular weight is 418 g/mol. The second kappa shape index (κ2) is 11.0. The van der Waals surface area contributed by atoms with E-state index in [9.17, 15) is 9.59 Å². The van der Waals surface area contributed by atoms with Crippen LogP contribution in [0.3, 0.4) is 0 Å². The summed E-state index contributed by atoms with van der Waals surface area (Å²) in [6.45, 7) is 4.40. The van der Waals surface area contributed by atoms with Crippen LogP contribution in [0.4, 0.5) is 5.69 Å². The van der Waals surface area contributed by atoms with Crippen molar-refractivity contribution in [2.75, 3.05) is 11.9 Å². The molecule has 0 fully saturated rings. The second-order valence-electron chi connectivity index (χ2n) is 7.35. The molecule has 160 valence electrons. The van der Waals surface area contributed by atoms with E-state index in [0.29, 0.717) is 29.5 Å². The van der Waals surface area contributed by atoms with E-state index in [0.717, 1.165) is 12.0 Å². The predicted molar refractivity (Wildman–Crippen MR) is 121 cm³/mol. The highest BCUT2D eigenvalue weighted by Gasteiger charge is 2.11. The van der Waals surface area contributed by atoms with Gasteiger partial charge in [-0.05, 0) is 59.9 Å². The molecule has 3 aromatic carbocycles. The highest BCUT2D eigenvalue weighted by Crippen LogP contribution is 2.20. The molecule has 0 bridgehead atoms. The third kappa shape index (κ3) is 6.71. The van der Waals surface area contributed by atoms with Gasteiger partial charge in [0.1, 0.15) is 12.4 Å². The first-order valence-corrected chi connectivity index (χ1v) is 10.4. The van der Waals surface area contributed by atoms with Crippen LogP contribution in [0.2, 0.25) is 0 Å². The van der Waals surface area contributed by atoms with E-state index in [2.05, 4.69) is 19.2 Å². The lowest BCUT2D eigenvalue weighted by molar-refractivity contribution is -0.119. The monoisotopic (exact) mass is 417 g/mol. The molecule has 0 aliphatic heterocycles. The summed E-state index contributed by atoms with van der Waals surface area (Å²) in [5.41, 5.74) is 3.32. The number of carbonyl (C=O) groups is 2. The van der Waals surface area contributed by atoms with Gasteiger partial charge in [-0.25, -0.2) is 4.79 Å². The Morgan fingerprint density at radius 3 is 2.23 bits per heavy atom. The Kier molecular flexibility index (Phi) is 7.82. The van der Waals surface area contributed by atoms with E-state index in [4.69, 9.17) is 9.47 Å². The Bertz CT molecular complexity index is 982. The van der Waals surface area contributed by atoms with Crippen LogP contribution in [-0.4, -0.2) is 18.5 Å². The molecule has 0 aromatic heterocycles. The van der Waals surface area contributed by atoms with Gasteiger partial charge in [-0.15, -0.1) is 0 Å². The molecule has 1 atom stereocenters. The van der Waals surface area contributed by atoms with E-state index >= 15 is 0 Å². The van der Waals surface area contributed by atoms with Gasteiger partial charge in [0.15, 0.2) is 6.61 Å². The highest BCUT2D eigenvalue weighted by atomic mass is 16.5. The van der Waals surface area contributed by atoms with E-state index in [1.165, 1.54) is 5.56 Å². The van der Waals surface area contributed by atoms with Crippen molar-refractivity contribution < 1.29 is 19.1 Å². The Labute approximate surface area is 183 Å². The average Bonchev–Trinajstić information content (AvgIpc) is 2.82. The SMILES string of the molecule is CC[C@@H](C)c1ccc(NC(=O)COC(=O)c2ccc(OCc3ccccc3)cc2)cc1. The van der Waals surface area contributed by atoms with Crippen molar-refractivity contribution in [3.05, 3.63) is 95.6 Å². The van der Waals surface area contributed by atoms with E-state index in [1.54, 1.807) is 24.3 Å². The molecule has 0 spiro atoms. The summed E-state index contributed by atoms with van der Waals surface area (Å²) in [7, 11) is 0. The molecule has 1 N–H and O–H groups in total. The fourth-order valence-electron chi connectivity index (χ4n) is 2.97. The van der Waals surface area contributed by atoms with Crippen LogP contribution in [0.1, 0.15) is 47.7 Å². The van der Waals surface area contributed by atoms with Crippen LogP contribution in [-0.2, 0) is 16.1 Å². The first-order chi connectivity index (χ1) is 15.0. The highest BCUT2D eigenvalue weighted by molar-refractivity contribution is 5.95. The number of amides is 1. The fourth-order valence-corrected chi connectivity index (χ4v) is 2.97. The lowest BCUT2D eigenvalue weighted by Gasteiger charge is -2.11. The number of rotatable bonds is 9. The number of anilines is 1. The normalized spacial score (nSPS) is 11.4. The Balaban J connectivity index is 1.44. The summed E-state index contributed by atoms with van der Waals surface area (Å²) in [5.74, 6) is 0.184. The molecule has 0 aliphatic rings. The summed E-state index contributed by atoms with van der Waals surface area (Å²) in [5, 5.41) is 2.74. The van der Waals surface area contributed by atoms with Crippen molar-refractivity contribution in [3.8, 4) is 5.75 Å². The Hall–Kier alpha value is -3.60. The van der Waals surface area contributed by atoms with Crippen molar-refractivity contribution in [2.45, 2.75) is 32.8 Å². The molecule has 1 amide bonds. The molecular formula is C26H27NO4. The maximum atomic E-state index is 12.2. The molecule has 0 radical (unpaired) electrons. The number of esters is 1. The number of benzene rings is 3. The van der Waals surface area contributed by atoms with Crippen molar-refractivity contribution >= 4 is 17.6 Å². The minimum atomic E-state index is -0.558. The summed E-state index contributed by atoms with van der Waals surface area (Å²) >= 11 is 0. The van der Waals surface area contributed by atoms with Gasteiger partial charge in [0, 0.05) is 5.69 Å². The van der Waals surface area contributed by atoms with Gasteiger partial charge in [0.25, 0.3) is 5.91 Å². The molecule has 0 aliphatic carbocycles. The largest absolute Gasteiger partial charge is 0.489 e. The van der Waals surface area contributed by atoms with Gasteiger partial charge in [0.2, 0.25) is 0 Å². The molecule has 31 heavy (non-hydrogen) atoms. The molecule has 3 aromatic rings. The van der Waals surface area contributed by atoms with Gasteiger partial charge in [0.05, 0.1) is 5.56 Å². The first kappa shape index (κ1) is 22.1. The van der Waals surface area contributed by atoms with Crippen molar-refractivity contribution in [1.82, 2.24) is 0 Å². The van der Waals surface area contributed by atoms with Crippen LogP contribution in [0.15, 0.2) is 78.9 Å². The zero-order valence-electron chi connectivity index (χ0n) is 17.8. The van der Waals surface area contributed by atoms with Gasteiger partial charge in [-0.2, -0.15) is 0 Å². The molecule has 0 saturated heterocycles. The van der Waals surface area contributed by atoms with Crippen molar-refractivity contribution in [2.24, 2.45) is 0 Å². The topological polar surface area (TPSA) is 64.6 Å². The number of nitrogens with one attached hydrogen (secondary N) is 1. The summed E-state index contributed by atoms with van der Waals surface area (Å²) in [4.78, 5) is 24.3. The minimum absolute atomic E-state index is 0.349. The van der Waals surface area contributed by atoms with E-state index in [-0.39, 0.29) is 12.5 Å².